The molecule has 0 fully saturated rings. The Morgan fingerprint density at radius 3 is 2.41 bits per heavy atom. The molecule has 4 nitrogen and oxygen atoms in total. The Morgan fingerprint density at radius 1 is 1.36 bits per heavy atom. The Labute approximate surface area is 131 Å². The molecule has 0 aromatic carbocycles. The van der Waals surface area contributed by atoms with E-state index in [-0.39, 0.29) is 11.8 Å². The molecule has 1 N–H and O–H groups in total. The van der Waals surface area contributed by atoms with Gasteiger partial charge >= 0.3 is 6.18 Å². The maximum absolute atomic E-state index is 12.1. The minimum absolute atomic E-state index is 0.0581. The van der Waals surface area contributed by atoms with Gasteiger partial charge in [-0.2, -0.15) is 13.2 Å². The fourth-order valence-corrected chi connectivity index (χ4v) is 2.44. The van der Waals surface area contributed by atoms with Crippen molar-refractivity contribution in [2.24, 2.45) is 0 Å². The second-order valence-electron chi connectivity index (χ2n) is 6.00. The van der Waals surface area contributed by atoms with Crippen molar-refractivity contribution in [1.29, 1.82) is 0 Å². The van der Waals surface area contributed by atoms with Crippen molar-refractivity contribution < 1.29 is 22.5 Å². The first-order valence-electron chi connectivity index (χ1n) is 6.74. The van der Waals surface area contributed by atoms with E-state index >= 15 is 0 Å². The first kappa shape index (κ1) is 19.1. The van der Waals surface area contributed by atoms with Crippen LogP contribution in [0.25, 0.3) is 0 Å². The first-order chi connectivity index (χ1) is 9.90. The average Bonchev–Trinajstić information content (AvgIpc) is 2.34. The van der Waals surface area contributed by atoms with Crippen molar-refractivity contribution >= 4 is 11.4 Å². The van der Waals surface area contributed by atoms with E-state index in [1.165, 1.54) is 12.3 Å². The molecule has 0 saturated heterocycles. The molecule has 0 spiro atoms. The molecule has 0 bridgehead atoms. The lowest BCUT2D eigenvalue weighted by Gasteiger charge is -2.26. The van der Waals surface area contributed by atoms with Crippen molar-refractivity contribution in [1.82, 2.24) is 9.71 Å². The van der Waals surface area contributed by atoms with Crippen molar-refractivity contribution in [3.63, 3.8) is 0 Å². The highest BCUT2D eigenvalue weighted by Crippen LogP contribution is 2.24. The number of halogens is 3. The Hall–Kier alpha value is -0.990. The predicted octanol–water partition coefficient (Wildman–Crippen LogP) is 3.44. The molecule has 8 heteroatoms. The quantitative estimate of drug-likeness (QED) is 0.836. The van der Waals surface area contributed by atoms with Gasteiger partial charge in [0.15, 0.2) is 6.61 Å². The van der Waals surface area contributed by atoms with Crippen LogP contribution in [0.2, 0.25) is 0 Å². The van der Waals surface area contributed by atoms with Gasteiger partial charge in [-0.3, -0.25) is 4.98 Å². The smallest absolute Gasteiger partial charge is 0.422 e. The van der Waals surface area contributed by atoms with E-state index < -0.39 is 28.9 Å². The first-order valence-corrected chi connectivity index (χ1v) is 7.89. The Morgan fingerprint density at radius 2 is 1.95 bits per heavy atom. The van der Waals surface area contributed by atoms with Crippen LogP contribution < -0.4 is 9.46 Å². The molecule has 0 aliphatic heterocycles. The van der Waals surface area contributed by atoms with Crippen LogP contribution in [-0.4, -0.2) is 27.1 Å². The number of ether oxygens (including phenoxy) is 1. The molecule has 1 aromatic rings. The normalized spacial score (nSPS) is 15.5. The molecule has 0 amide bonds. The van der Waals surface area contributed by atoms with Crippen LogP contribution in [0.5, 0.6) is 5.75 Å². The molecule has 126 valence electrons. The van der Waals surface area contributed by atoms with Gasteiger partial charge in [-0.15, -0.1) is 4.72 Å². The maximum atomic E-state index is 12.1. The summed E-state index contributed by atoms with van der Waals surface area (Å²) in [7, 11) is 0. The molecule has 22 heavy (non-hydrogen) atoms. The minimum atomic E-state index is -4.38. The number of nitrogens with one attached hydrogen (secondary N) is 1. The average molecular weight is 338 g/mol. The number of rotatable bonds is 5. The monoisotopic (exact) mass is 338 g/mol. The summed E-state index contributed by atoms with van der Waals surface area (Å²) >= 11 is -1.27. The molecule has 0 aliphatic carbocycles. The van der Waals surface area contributed by atoms with Gasteiger partial charge in [0.25, 0.3) is 0 Å². The van der Waals surface area contributed by atoms with Gasteiger partial charge in [-0.1, -0.05) is 0 Å². The van der Waals surface area contributed by atoms with Gasteiger partial charge in [0, 0.05) is 11.4 Å². The third-order valence-corrected chi connectivity index (χ3v) is 4.43. The van der Waals surface area contributed by atoms with Crippen LogP contribution in [-0.2, 0) is 11.4 Å². The Bertz CT molecular complexity index is 504. The fraction of sp³-hybridized carbons (Fsp3) is 0.643. The van der Waals surface area contributed by atoms with Crippen LogP contribution in [0.3, 0.4) is 0 Å². The van der Waals surface area contributed by atoms with Crippen LogP contribution in [0.1, 0.15) is 45.0 Å². The van der Waals surface area contributed by atoms with Gasteiger partial charge in [0.1, 0.15) is 10.5 Å². The molecule has 1 aromatic heterocycles. The van der Waals surface area contributed by atoms with E-state index in [2.05, 4.69) is 14.4 Å². The second-order valence-corrected chi connectivity index (χ2v) is 8.00. The van der Waals surface area contributed by atoms with Crippen molar-refractivity contribution in [2.75, 3.05) is 6.61 Å². The van der Waals surface area contributed by atoms with Crippen molar-refractivity contribution in [3.8, 4) is 5.75 Å². The van der Waals surface area contributed by atoms with E-state index in [9.17, 15) is 17.7 Å². The number of alkyl halides is 3. The third-order valence-electron chi connectivity index (χ3n) is 2.75. The summed E-state index contributed by atoms with van der Waals surface area (Å²) in [5.41, 5.74) is 1.29. The molecule has 0 radical (unpaired) electrons. The highest BCUT2D eigenvalue weighted by Gasteiger charge is 2.30. The highest BCUT2D eigenvalue weighted by atomic mass is 32.2. The summed E-state index contributed by atoms with van der Waals surface area (Å²) in [5.74, 6) is 0.0581. The van der Waals surface area contributed by atoms with Gasteiger partial charge in [0.05, 0.1) is 17.9 Å². The topological polar surface area (TPSA) is 57.2 Å². The third kappa shape index (κ3) is 6.02. The largest absolute Gasteiger partial charge is 0.598 e. The summed E-state index contributed by atoms with van der Waals surface area (Å²) in [6.07, 6.45) is -3.14. The van der Waals surface area contributed by atoms with E-state index in [4.69, 9.17) is 0 Å². The zero-order valence-corrected chi connectivity index (χ0v) is 14.1. The SMILES string of the molecule is Cc1cc(OCC(F)(F)F)cnc1[C@@H](C)N[S+]([O-])C(C)(C)C. The number of hydrogen-bond acceptors (Lipinski definition) is 4. The van der Waals surface area contributed by atoms with Crippen LogP contribution >= 0.6 is 0 Å². The fourth-order valence-electron chi connectivity index (χ4n) is 1.65. The van der Waals surface area contributed by atoms with Gasteiger partial charge < -0.3 is 9.29 Å². The number of aromatic nitrogens is 1. The summed E-state index contributed by atoms with van der Waals surface area (Å²) in [6.45, 7) is 7.71. The lowest BCUT2D eigenvalue weighted by atomic mass is 10.1. The lowest BCUT2D eigenvalue weighted by Crippen LogP contribution is -2.40. The summed E-state index contributed by atoms with van der Waals surface area (Å²) < 4.78 is 55.6. The number of nitrogens with zero attached hydrogens (tertiary/aromatic N) is 1. The molecule has 1 unspecified atom stereocenters. The zero-order chi connectivity index (χ0) is 17.1. The van der Waals surface area contributed by atoms with E-state index in [1.54, 1.807) is 13.8 Å². The minimum Gasteiger partial charge on any atom is -0.598 e. The van der Waals surface area contributed by atoms with Gasteiger partial charge in [-0.05, 0) is 46.2 Å². The van der Waals surface area contributed by atoms with Crippen molar-refractivity contribution in [2.45, 2.75) is 51.6 Å². The van der Waals surface area contributed by atoms with E-state index in [0.717, 1.165) is 0 Å². The molecule has 0 saturated carbocycles. The van der Waals surface area contributed by atoms with Crippen LogP contribution in [0.4, 0.5) is 13.2 Å². The van der Waals surface area contributed by atoms with Gasteiger partial charge in [-0.25, -0.2) is 0 Å². The lowest BCUT2D eigenvalue weighted by molar-refractivity contribution is -0.153. The molecule has 1 heterocycles. The predicted molar refractivity (Wildman–Crippen MR) is 80.0 cm³/mol. The summed E-state index contributed by atoms with van der Waals surface area (Å²) in [4.78, 5) is 4.12. The second kappa shape index (κ2) is 7.06. The molecular formula is C14H21F3N2O2S. The van der Waals surface area contributed by atoms with Crippen LogP contribution in [0, 0.1) is 6.92 Å². The van der Waals surface area contributed by atoms with E-state index in [0.29, 0.717) is 11.3 Å². The number of aryl methyl sites for hydroxylation is 1. The van der Waals surface area contributed by atoms with Crippen molar-refractivity contribution in [3.05, 3.63) is 23.5 Å². The molecule has 0 aliphatic rings. The Balaban J connectivity index is 2.77. The zero-order valence-electron chi connectivity index (χ0n) is 13.2. The Kier molecular flexibility index (Phi) is 6.11. The molecule has 1 rings (SSSR count). The number of hydrogen-bond donors (Lipinski definition) is 1. The number of pyridine rings is 1. The standard InChI is InChI=1S/C14H21F3N2O2S/c1-9-6-11(21-8-14(15,16)17)7-18-12(9)10(2)19-22(20)13(3,4)5/h6-7,10,19H,8H2,1-5H3/t10-,22?/m1/s1. The molecular weight excluding hydrogens is 317 g/mol. The summed E-state index contributed by atoms with van der Waals surface area (Å²) in [6, 6.07) is 1.20. The maximum Gasteiger partial charge on any atom is 0.422 e. The highest BCUT2D eigenvalue weighted by molar-refractivity contribution is 7.90. The molecule has 2 atom stereocenters. The summed E-state index contributed by atoms with van der Waals surface area (Å²) in [5, 5.41) is 0. The van der Waals surface area contributed by atoms with Crippen LogP contribution in [0.15, 0.2) is 12.3 Å². The van der Waals surface area contributed by atoms with E-state index in [1.807, 2.05) is 20.8 Å². The van der Waals surface area contributed by atoms with Gasteiger partial charge in [0.2, 0.25) is 0 Å².